The van der Waals surface area contributed by atoms with Crippen LogP contribution < -0.4 is 9.47 Å². The molecule has 28 heavy (non-hydrogen) atoms. The highest BCUT2D eigenvalue weighted by molar-refractivity contribution is 5.84. The Hall–Kier alpha value is -2.82. The zero-order valence-corrected chi connectivity index (χ0v) is 16.2. The number of esters is 1. The Labute approximate surface area is 165 Å². The van der Waals surface area contributed by atoms with E-state index in [1.807, 2.05) is 55.5 Å². The Balaban J connectivity index is 1.59. The molecule has 0 radical (unpaired) electrons. The van der Waals surface area contributed by atoms with Crippen molar-refractivity contribution in [2.75, 3.05) is 6.79 Å². The minimum atomic E-state index is -0.423. The highest BCUT2D eigenvalue weighted by Gasteiger charge is 2.23. The molecule has 5 heteroatoms. The van der Waals surface area contributed by atoms with Gasteiger partial charge in [-0.25, -0.2) is 0 Å². The van der Waals surface area contributed by atoms with Crippen molar-refractivity contribution in [1.82, 2.24) is 0 Å². The Morgan fingerprint density at radius 3 is 2.61 bits per heavy atom. The van der Waals surface area contributed by atoms with Crippen LogP contribution in [0, 0.1) is 5.92 Å². The molecule has 148 valence electrons. The van der Waals surface area contributed by atoms with Crippen molar-refractivity contribution < 1.29 is 23.8 Å². The molecule has 0 aliphatic carbocycles. The quantitative estimate of drug-likeness (QED) is 0.568. The molecule has 3 rings (SSSR count). The van der Waals surface area contributed by atoms with Crippen molar-refractivity contribution in [1.29, 1.82) is 0 Å². The molecule has 0 N–H and O–H groups in total. The molecule has 1 atom stereocenters. The lowest BCUT2D eigenvalue weighted by molar-refractivity contribution is -0.151. The number of benzene rings is 2. The number of carbonyl (C=O) groups excluding carboxylic acids is 2. The minimum Gasteiger partial charge on any atom is -0.461 e. The number of aryl methyl sites for hydroxylation is 1. The van der Waals surface area contributed by atoms with E-state index in [1.54, 1.807) is 0 Å². The van der Waals surface area contributed by atoms with Crippen molar-refractivity contribution in [2.24, 2.45) is 5.92 Å². The molecule has 0 aromatic heterocycles. The van der Waals surface area contributed by atoms with Crippen LogP contribution in [0.3, 0.4) is 0 Å². The molecule has 0 fully saturated rings. The number of hydrogen-bond acceptors (Lipinski definition) is 5. The largest absolute Gasteiger partial charge is 0.461 e. The third-order valence-corrected chi connectivity index (χ3v) is 4.78. The first-order valence-corrected chi connectivity index (χ1v) is 9.76. The molecule has 0 saturated heterocycles. The van der Waals surface area contributed by atoms with Gasteiger partial charge in [-0.3, -0.25) is 9.59 Å². The van der Waals surface area contributed by atoms with Gasteiger partial charge in [0, 0.05) is 12.8 Å². The third-order valence-electron chi connectivity index (χ3n) is 4.78. The maximum atomic E-state index is 12.7. The lowest BCUT2D eigenvalue weighted by atomic mass is 9.93. The van der Waals surface area contributed by atoms with Crippen molar-refractivity contribution in [3.8, 4) is 11.5 Å². The highest BCUT2D eigenvalue weighted by atomic mass is 16.7. The molecular formula is C23H26O5. The fourth-order valence-corrected chi connectivity index (χ4v) is 3.25. The summed E-state index contributed by atoms with van der Waals surface area (Å²) in [4.78, 5) is 24.8. The number of hydrogen-bond donors (Lipinski definition) is 0. The second kappa shape index (κ2) is 9.93. The van der Waals surface area contributed by atoms with Gasteiger partial charge in [-0.05, 0) is 42.5 Å². The lowest BCUT2D eigenvalue weighted by Crippen LogP contribution is -2.22. The average Bonchev–Trinajstić information content (AvgIpc) is 3.18. The summed E-state index contributed by atoms with van der Waals surface area (Å²) in [5, 5.41) is 0. The van der Waals surface area contributed by atoms with Gasteiger partial charge in [0.1, 0.15) is 12.4 Å². The second-order valence-corrected chi connectivity index (χ2v) is 7.01. The van der Waals surface area contributed by atoms with Gasteiger partial charge in [-0.15, -0.1) is 0 Å². The van der Waals surface area contributed by atoms with E-state index >= 15 is 0 Å². The lowest BCUT2D eigenvalue weighted by Gasteiger charge is -2.16. The zero-order valence-electron chi connectivity index (χ0n) is 16.2. The summed E-state index contributed by atoms with van der Waals surface area (Å²) in [7, 11) is 0. The van der Waals surface area contributed by atoms with Gasteiger partial charge in [0.25, 0.3) is 0 Å². The molecule has 0 bridgehead atoms. The molecule has 1 heterocycles. The first-order chi connectivity index (χ1) is 13.7. The maximum Gasteiger partial charge on any atom is 0.309 e. The maximum absolute atomic E-state index is 12.7. The minimum absolute atomic E-state index is 0.112. The molecule has 2 aromatic carbocycles. The summed E-state index contributed by atoms with van der Waals surface area (Å²) in [6, 6.07) is 15.5. The van der Waals surface area contributed by atoms with Crippen LogP contribution in [0.5, 0.6) is 11.5 Å². The van der Waals surface area contributed by atoms with E-state index in [1.165, 1.54) is 0 Å². The Kier molecular flexibility index (Phi) is 7.06. The van der Waals surface area contributed by atoms with Crippen molar-refractivity contribution in [2.45, 2.75) is 45.6 Å². The highest BCUT2D eigenvalue weighted by Crippen LogP contribution is 2.32. The number of rotatable bonds is 10. The van der Waals surface area contributed by atoms with E-state index in [-0.39, 0.29) is 31.6 Å². The Morgan fingerprint density at radius 1 is 1.04 bits per heavy atom. The van der Waals surface area contributed by atoms with E-state index in [0.29, 0.717) is 24.3 Å². The van der Waals surface area contributed by atoms with Crippen LogP contribution in [0.4, 0.5) is 0 Å². The van der Waals surface area contributed by atoms with Gasteiger partial charge in [0.15, 0.2) is 11.5 Å². The molecule has 0 amide bonds. The number of ether oxygens (including phenoxy) is 3. The summed E-state index contributed by atoms with van der Waals surface area (Å²) < 4.78 is 16.2. The molecule has 1 aliphatic rings. The monoisotopic (exact) mass is 382 g/mol. The number of fused-ring (bicyclic) bond motifs is 1. The first-order valence-electron chi connectivity index (χ1n) is 9.76. The number of ketones is 1. The van der Waals surface area contributed by atoms with Crippen molar-refractivity contribution in [3.05, 3.63) is 59.7 Å². The summed E-state index contributed by atoms with van der Waals surface area (Å²) in [6.45, 7) is 2.33. The van der Waals surface area contributed by atoms with Crippen LogP contribution in [0.25, 0.3) is 0 Å². The van der Waals surface area contributed by atoms with Gasteiger partial charge in [-0.2, -0.15) is 0 Å². The SMILES string of the molecule is CCCC(=O)CC(CCc1ccccc1)C(=O)OCc1ccc2c(c1)OCO2. The Morgan fingerprint density at radius 2 is 1.82 bits per heavy atom. The van der Waals surface area contributed by atoms with Crippen LogP contribution in [-0.4, -0.2) is 18.5 Å². The third kappa shape index (κ3) is 5.59. The van der Waals surface area contributed by atoms with Crippen molar-refractivity contribution in [3.63, 3.8) is 0 Å². The van der Waals surface area contributed by atoms with Crippen LogP contribution >= 0.6 is 0 Å². The molecule has 1 aliphatic heterocycles. The van der Waals surface area contributed by atoms with Gasteiger partial charge < -0.3 is 14.2 Å². The van der Waals surface area contributed by atoms with E-state index in [9.17, 15) is 9.59 Å². The van der Waals surface area contributed by atoms with Gasteiger partial charge in [0.2, 0.25) is 6.79 Å². The summed E-state index contributed by atoms with van der Waals surface area (Å²) in [6.07, 6.45) is 2.86. The molecule has 5 nitrogen and oxygen atoms in total. The van der Waals surface area contributed by atoms with Crippen LogP contribution in [0.1, 0.15) is 43.7 Å². The number of Topliss-reactive ketones (excluding diaryl/α,β-unsaturated/α-hetero) is 1. The van der Waals surface area contributed by atoms with E-state index in [4.69, 9.17) is 14.2 Å². The van der Waals surface area contributed by atoms with E-state index < -0.39 is 5.92 Å². The molecule has 0 saturated carbocycles. The van der Waals surface area contributed by atoms with Crippen LogP contribution in [-0.2, 0) is 27.4 Å². The summed E-state index contributed by atoms with van der Waals surface area (Å²) in [5.41, 5.74) is 1.98. The van der Waals surface area contributed by atoms with Crippen LogP contribution in [0.15, 0.2) is 48.5 Å². The average molecular weight is 382 g/mol. The van der Waals surface area contributed by atoms with Gasteiger partial charge in [-0.1, -0.05) is 43.3 Å². The standard InChI is InChI=1S/C23H26O5/c1-2-6-20(24)14-19(11-9-17-7-4-3-5-8-17)23(25)26-15-18-10-12-21-22(13-18)28-16-27-21/h3-5,7-8,10,12-13,19H,2,6,9,11,14-16H2,1H3. The van der Waals surface area contributed by atoms with E-state index in [2.05, 4.69) is 0 Å². The Bertz CT molecular complexity index is 800. The first kappa shape index (κ1) is 19.9. The topological polar surface area (TPSA) is 61.8 Å². The summed E-state index contributed by atoms with van der Waals surface area (Å²) in [5.74, 6) is 0.722. The van der Waals surface area contributed by atoms with E-state index in [0.717, 1.165) is 24.0 Å². The fraction of sp³-hybridized carbons (Fsp3) is 0.391. The predicted molar refractivity (Wildman–Crippen MR) is 105 cm³/mol. The van der Waals surface area contributed by atoms with Crippen molar-refractivity contribution >= 4 is 11.8 Å². The smallest absolute Gasteiger partial charge is 0.309 e. The predicted octanol–water partition coefficient (Wildman–Crippen LogP) is 4.47. The van der Waals surface area contributed by atoms with Crippen LogP contribution in [0.2, 0.25) is 0 Å². The molecule has 2 aromatic rings. The fourth-order valence-electron chi connectivity index (χ4n) is 3.25. The zero-order chi connectivity index (χ0) is 19.8. The molecule has 1 unspecified atom stereocenters. The number of carbonyl (C=O) groups is 2. The normalized spacial score (nSPS) is 13.2. The van der Waals surface area contributed by atoms with Gasteiger partial charge in [0.05, 0.1) is 5.92 Å². The van der Waals surface area contributed by atoms with Gasteiger partial charge >= 0.3 is 5.97 Å². The molecule has 0 spiro atoms. The summed E-state index contributed by atoms with van der Waals surface area (Å²) >= 11 is 0. The molecular weight excluding hydrogens is 356 g/mol. The second-order valence-electron chi connectivity index (χ2n) is 7.01.